The molecule has 8 nitrogen and oxygen atoms in total. The molecule has 20 heavy (non-hydrogen) atoms. The minimum absolute atomic E-state index is 0.0170. The number of esters is 2. The van der Waals surface area contributed by atoms with Gasteiger partial charge in [-0.3, -0.25) is 9.59 Å². The maximum absolute atomic E-state index is 11.1. The molecule has 0 saturated carbocycles. The van der Waals surface area contributed by atoms with Gasteiger partial charge in [-0.05, 0) is 17.4 Å². The van der Waals surface area contributed by atoms with Crippen molar-refractivity contribution in [2.45, 2.75) is 46.1 Å². The summed E-state index contributed by atoms with van der Waals surface area (Å²) >= 11 is 0. The van der Waals surface area contributed by atoms with Gasteiger partial charge in [-0.25, -0.2) is 0 Å². The van der Waals surface area contributed by atoms with Crippen molar-refractivity contribution < 1.29 is 23.8 Å². The molecule has 1 saturated heterocycles. The average Bonchev–Trinajstić information content (AvgIpc) is 2.36. The lowest BCUT2D eigenvalue weighted by molar-refractivity contribution is -0.234. The number of carbonyl (C=O) groups excluding carboxylic acids is 2. The van der Waals surface area contributed by atoms with Crippen molar-refractivity contribution in [1.82, 2.24) is 0 Å². The molecule has 2 unspecified atom stereocenters. The van der Waals surface area contributed by atoms with Crippen molar-refractivity contribution in [3.8, 4) is 0 Å². The predicted molar refractivity (Wildman–Crippen MR) is 68.3 cm³/mol. The van der Waals surface area contributed by atoms with E-state index in [2.05, 4.69) is 10.0 Å². The van der Waals surface area contributed by atoms with Crippen LogP contribution in [-0.4, -0.2) is 37.0 Å². The molecular formula is C12H19N3O5. The molecule has 0 spiro atoms. The van der Waals surface area contributed by atoms with Crippen LogP contribution in [0.2, 0.25) is 0 Å². The standard InChI is InChI=1S/C12H19N3O5/c1-6-7(2)11(14-15-13)12(19-9(4)17)20-10(6)5-18-8(3)16/h6-7,10-12H,5H2,1-4H3/t6-,7-,10?,11?,12+/m0/s1. The van der Waals surface area contributed by atoms with Crippen LogP contribution in [-0.2, 0) is 23.8 Å². The summed E-state index contributed by atoms with van der Waals surface area (Å²) in [5.74, 6) is -1.03. The number of rotatable bonds is 4. The highest BCUT2D eigenvalue weighted by Crippen LogP contribution is 2.33. The Morgan fingerprint density at radius 2 is 1.90 bits per heavy atom. The average molecular weight is 285 g/mol. The Bertz CT molecular complexity index is 421. The fourth-order valence-corrected chi connectivity index (χ4v) is 2.14. The lowest BCUT2D eigenvalue weighted by atomic mass is 9.82. The van der Waals surface area contributed by atoms with Gasteiger partial charge in [0.2, 0.25) is 6.29 Å². The van der Waals surface area contributed by atoms with E-state index < -0.39 is 30.4 Å². The molecule has 1 rings (SSSR count). The number of carbonyl (C=O) groups is 2. The highest BCUT2D eigenvalue weighted by Gasteiger charge is 2.43. The Balaban J connectivity index is 2.85. The third-order valence-electron chi connectivity index (χ3n) is 3.46. The predicted octanol–water partition coefficient (Wildman–Crippen LogP) is 1.79. The van der Waals surface area contributed by atoms with Gasteiger partial charge in [-0.1, -0.05) is 19.0 Å². The van der Waals surface area contributed by atoms with Gasteiger partial charge in [0.15, 0.2) is 0 Å². The molecule has 0 amide bonds. The van der Waals surface area contributed by atoms with Gasteiger partial charge in [0, 0.05) is 18.8 Å². The first-order valence-corrected chi connectivity index (χ1v) is 6.37. The summed E-state index contributed by atoms with van der Waals surface area (Å²) in [6.07, 6.45) is -1.38. The van der Waals surface area contributed by atoms with Crippen molar-refractivity contribution >= 4 is 11.9 Å². The van der Waals surface area contributed by atoms with Gasteiger partial charge < -0.3 is 14.2 Å². The zero-order valence-corrected chi connectivity index (χ0v) is 12.0. The maximum atomic E-state index is 11.1. The van der Waals surface area contributed by atoms with Crippen LogP contribution in [0.25, 0.3) is 10.4 Å². The largest absolute Gasteiger partial charge is 0.463 e. The van der Waals surface area contributed by atoms with Gasteiger partial charge in [-0.2, -0.15) is 0 Å². The number of hydrogen-bond acceptors (Lipinski definition) is 6. The molecular weight excluding hydrogens is 266 g/mol. The second-order valence-electron chi connectivity index (χ2n) is 4.87. The summed E-state index contributed by atoms with van der Waals surface area (Å²) in [6, 6.07) is -0.604. The summed E-state index contributed by atoms with van der Waals surface area (Å²) in [5.41, 5.74) is 8.61. The van der Waals surface area contributed by atoms with Crippen LogP contribution < -0.4 is 0 Å². The third kappa shape index (κ3) is 4.11. The van der Waals surface area contributed by atoms with Gasteiger partial charge in [-0.15, -0.1) is 0 Å². The fourth-order valence-electron chi connectivity index (χ4n) is 2.14. The molecule has 0 radical (unpaired) electrons. The van der Waals surface area contributed by atoms with E-state index in [1.807, 2.05) is 13.8 Å². The Hall–Kier alpha value is -1.79. The molecule has 0 aromatic heterocycles. The van der Waals surface area contributed by atoms with Gasteiger partial charge >= 0.3 is 11.9 Å². The normalized spacial score (nSPS) is 32.9. The molecule has 0 bridgehead atoms. The van der Waals surface area contributed by atoms with Crippen molar-refractivity contribution in [2.75, 3.05) is 6.61 Å². The van der Waals surface area contributed by atoms with Crippen LogP contribution in [0.1, 0.15) is 27.7 Å². The van der Waals surface area contributed by atoms with Gasteiger partial charge in [0.25, 0.3) is 0 Å². The van der Waals surface area contributed by atoms with Crippen molar-refractivity contribution in [2.24, 2.45) is 17.0 Å². The topological polar surface area (TPSA) is 111 Å². The smallest absolute Gasteiger partial charge is 0.304 e. The van der Waals surface area contributed by atoms with Crippen molar-refractivity contribution in [3.05, 3.63) is 10.4 Å². The highest BCUT2D eigenvalue weighted by molar-refractivity contribution is 5.66. The van der Waals surface area contributed by atoms with Crippen LogP contribution in [0.3, 0.4) is 0 Å². The molecule has 0 N–H and O–H groups in total. The van der Waals surface area contributed by atoms with E-state index in [9.17, 15) is 9.59 Å². The summed E-state index contributed by atoms with van der Waals surface area (Å²) < 4.78 is 15.6. The molecule has 0 aliphatic carbocycles. The second-order valence-corrected chi connectivity index (χ2v) is 4.87. The first-order chi connectivity index (χ1) is 9.36. The maximum Gasteiger partial charge on any atom is 0.304 e. The SMILES string of the molecule is CC(=O)OCC1O[C@@H](OC(C)=O)C(N=[N+]=[N-])[C@@H](C)[C@@H]1C. The summed E-state index contributed by atoms with van der Waals surface area (Å²) in [7, 11) is 0. The first kappa shape index (κ1) is 16.3. The molecule has 5 atom stereocenters. The third-order valence-corrected chi connectivity index (χ3v) is 3.46. The molecule has 1 aliphatic rings. The van der Waals surface area contributed by atoms with Gasteiger partial charge in [0.1, 0.15) is 12.6 Å². The van der Waals surface area contributed by atoms with E-state index in [1.54, 1.807) is 0 Å². The highest BCUT2D eigenvalue weighted by atomic mass is 16.7. The van der Waals surface area contributed by atoms with Crippen LogP contribution in [0, 0.1) is 11.8 Å². The Kier molecular flexibility index (Phi) is 5.79. The van der Waals surface area contributed by atoms with Crippen molar-refractivity contribution in [1.29, 1.82) is 0 Å². The van der Waals surface area contributed by atoms with Crippen molar-refractivity contribution in [3.63, 3.8) is 0 Å². The van der Waals surface area contributed by atoms with Gasteiger partial charge in [0.05, 0.1) is 6.10 Å². The molecule has 1 fully saturated rings. The molecule has 1 heterocycles. The monoisotopic (exact) mass is 285 g/mol. The minimum atomic E-state index is -0.963. The summed E-state index contributed by atoms with van der Waals surface area (Å²) in [4.78, 5) is 24.7. The Labute approximate surface area is 117 Å². The van der Waals surface area contributed by atoms with E-state index in [-0.39, 0.29) is 18.4 Å². The van der Waals surface area contributed by atoms with E-state index >= 15 is 0 Å². The zero-order valence-electron chi connectivity index (χ0n) is 12.0. The first-order valence-electron chi connectivity index (χ1n) is 6.37. The molecule has 8 heteroatoms. The molecule has 0 aromatic carbocycles. The Morgan fingerprint density at radius 1 is 1.25 bits per heavy atom. The number of ether oxygens (including phenoxy) is 3. The fraction of sp³-hybridized carbons (Fsp3) is 0.833. The summed E-state index contributed by atoms with van der Waals surface area (Å²) in [6.45, 7) is 6.41. The van der Waals surface area contributed by atoms with Crippen LogP contribution in [0.4, 0.5) is 0 Å². The minimum Gasteiger partial charge on any atom is -0.463 e. The molecule has 0 aromatic rings. The van der Waals surface area contributed by atoms with E-state index in [0.717, 1.165) is 0 Å². The lowest BCUT2D eigenvalue weighted by Crippen LogP contribution is -2.51. The summed E-state index contributed by atoms with van der Waals surface area (Å²) in [5, 5.41) is 3.65. The van der Waals surface area contributed by atoms with E-state index in [4.69, 9.17) is 19.7 Å². The zero-order chi connectivity index (χ0) is 15.3. The van der Waals surface area contributed by atoms with E-state index in [1.165, 1.54) is 13.8 Å². The molecule has 112 valence electrons. The quantitative estimate of drug-likeness (QED) is 0.338. The Morgan fingerprint density at radius 3 is 2.40 bits per heavy atom. The second kappa shape index (κ2) is 7.12. The van der Waals surface area contributed by atoms with Crippen LogP contribution in [0.5, 0.6) is 0 Å². The number of hydrogen-bond donors (Lipinski definition) is 0. The number of nitrogens with zero attached hydrogens (tertiary/aromatic N) is 3. The van der Waals surface area contributed by atoms with E-state index in [0.29, 0.717) is 0 Å². The molecule has 1 aliphatic heterocycles. The van der Waals surface area contributed by atoms with Crippen LogP contribution in [0.15, 0.2) is 5.11 Å². The van der Waals surface area contributed by atoms with Crippen LogP contribution >= 0.6 is 0 Å². The lowest BCUT2D eigenvalue weighted by Gasteiger charge is -2.41. The number of azide groups is 1.